The fourth-order valence-corrected chi connectivity index (χ4v) is 3.32. The lowest BCUT2D eigenvalue weighted by Gasteiger charge is -2.15. The van der Waals surface area contributed by atoms with Gasteiger partial charge in [0.15, 0.2) is 11.6 Å². The molecule has 2 aliphatic rings. The van der Waals surface area contributed by atoms with Crippen LogP contribution in [0, 0.1) is 0 Å². The van der Waals surface area contributed by atoms with Gasteiger partial charge in [0.1, 0.15) is 0 Å². The molecule has 0 spiro atoms. The van der Waals surface area contributed by atoms with E-state index in [1.54, 1.807) is 0 Å². The number of hydrogen-bond donors (Lipinski definition) is 0. The first-order chi connectivity index (χ1) is 9.74. The van der Waals surface area contributed by atoms with Crippen molar-refractivity contribution in [2.24, 2.45) is 0 Å². The predicted octanol–water partition coefficient (Wildman–Crippen LogP) is 1.66. The fourth-order valence-electron chi connectivity index (χ4n) is 3.32. The Bertz CT molecular complexity index is 825. The molecule has 104 valence electrons. The molecule has 2 nitrogen and oxygen atoms in total. The minimum atomic E-state index is -0.0947. The number of benzene rings is 2. The molecule has 0 saturated heterocycles. The van der Waals surface area contributed by atoms with Gasteiger partial charge >= 0.3 is 0 Å². The largest absolute Gasteiger partial charge is 0.290 e. The molecule has 2 aromatic rings. The Morgan fingerprint density at radius 1 is 0.952 bits per heavy atom. The molecule has 21 heavy (non-hydrogen) atoms. The molecule has 1 unspecified atom stereocenters. The summed E-state index contributed by atoms with van der Waals surface area (Å²) < 4.78 is 0. The van der Waals surface area contributed by atoms with Gasteiger partial charge in [0.2, 0.25) is 0 Å². The molecule has 1 atom stereocenters. The van der Waals surface area contributed by atoms with E-state index in [1.807, 2.05) is 12.1 Å². The molecule has 0 fully saturated rings. The summed E-state index contributed by atoms with van der Waals surface area (Å²) in [5, 5.41) is 2.45. The van der Waals surface area contributed by atoms with Crippen molar-refractivity contribution in [1.29, 1.82) is 0 Å². The van der Waals surface area contributed by atoms with Crippen LogP contribution in [0.15, 0.2) is 60.2 Å². The first-order valence-electron chi connectivity index (χ1n) is 6.72. The van der Waals surface area contributed by atoms with Crippen LogP contribution in [0.4, 0.5) is 0 Å². The van der Waals surface area contributed by atoms with Crippen molar-refractivity contribution in [3.8, 4) is 0 Å². The summed E-state index contributed by atoms with van der Waals surface area (Å²) in [7, 11) is 0. The maximum atomic E-state index is 12.1. The summed E-state index contributed by atoms with van der Waals surface area (Å²) in [5.74, 6) is -0.125. The minimum absolute atomic E-state index is 0. The molecule has 0 N–H and O–H groups in total. The molecule has 0 aromatic heterocycles. The molecule has 2 aliphatic carbocycles. The van der Waals surface area contributed by atoms with Crippen molar-refractivity contribution in [3.05, 3.63) is 71.3 Å². The van der Waals surface area contributed by atoms with E-state index >= 15 is 0 Å². The fraction of sp³-hybridized carbons (Fsp3) is 0.111. The highest BCUT2D eigenvalue weighted by Crippen LogP contribution is 2.42. The average Bonchev–Trinajstić information content (AvgIpc) is 2.83. The monoisotopic (exact) mass is 292 g/mol. The summed E-state index contributed by atoms with van der Waals surface area (Å²) in [5.41, 5.74) is 3.06. The lowest BCUT2D eigenvalue weighted by atomic mass is 9.86. The van der Waals surface area contributed by atoms with Crippen LogP contribution >= 0.6 is 0 Å². The molecular formula is C18H16O2Si. The van der Waals surface area contributed by atoms with Gasteiger partial charge in [-0.3, -0.25) is 9.59 Å². The SMILES string of the molecule is O=C1C=CC(=O)C(C2Cc3cccc4cccc2c34)=C1.[SiH4]. The van der Waals surface area contributed by atoms with E-state index < -0.39 is 0 Å². The number of ketones is 2. The van der Waals surface area contributed by atoms with Gasteiger partial charge in [-0.1, -0.05) is 36.4 Å². The molecule has 0 heterocycles. The molecule has 3 heteroatoms. The van der Waals surface area contributed by atoms with Crippen LogP contribution in [0.2, 0.25) is 0 Å². The predicted molar refractivity (Wildman–Crippen MR) is 89.0 cm³/mol. The molecule has 0 aliphatic heterocycles. The zero-order valence-corrected chi connectivity index (χ0v) is 10.8. The highest BCUT2D eigenvalue weighted by atomic mass is 28.1. The molecule has 4 rings (SSSR count). The highest BCUT2D eigenvalue weighted by Gasteiger charge is 2.30. The second kappa shape index (κ2) is 4.93. The van der Waals surface area contributed by atoms with Gasteiger partial charge in [-0.05, 0) is 57.5 Å². The first kappa shape index (κ1) is 13.7. The van der Waals surface area contributed by atoms with E-state index in [2.05, 4.69) is 24.3 Å². The van der Waals surface area contributed by atoms with Crippen LogP contribution in [-0.4, -0.2) is 22.5 Å². The molecular weight excluding hydrogens is 276 g/mol. The van der Waals surface area contributed by atoms with Crippen LogP contribution in [0.1, 0.15) is 17.0 Å². The van der Waals surface area contributed by atoms with Crippen molar-refractivity contribution < 1.29 is 9.59 Å². The van der Waals surface area contributed by atoms with Gasteiger partial charge in [-0.2, -0.15) is 0 Å². The smallest absolute Gasteiger partial charge is 0.182 e. The maximum Gasteiger partial charge on any atom is 0.182 e. The van der Waals surface area contributed by atoms with Gasteiger partial charge in [0.05, 0.1) is 0 Å². The van der Waals surface area contributed by atoms with E-state index in [0.29, 0.717) is 5.57 Å². The minimum Gasteiger partial charge on any atom is -0.290 e. The normalized spacial score (nSPS) is 19.6. The van der Waals surface area contributed by atoms with Gasteiger partial charge in [-0.25, -0.2) is 0 Å². The average molecular weight is 292 g/mol. The van der Waals surface area contributed by atoms with Crippen LogP contribution in [0.3, 0.4) is 0 Å². The van der Waals surface area contributed by atoms with Crippen molar-refractivity contribution >= 4 is 33.3 Å². The highest BCUT2D eigenvalue weighted by molar-refractivity contribution is 6.18. The van der Waals surface area contributed by atoms with E-state index in [9.17, 15) is 9.59 Å². The zero-order valence-electron chi connectivity index (χ0n) is 10.8. The third kappa shape index (κ3) is 2.01. The van der Waals surface area contributed by atoms with Gasteiger partial charge in [0, 0.05) is 11.5 Å². The van der Waals surface area contributed by atoms with Crippen molar-refractivity contribution in [2.45, 2.75) is 12.3 Å². The lowest BCUT2D eigenvalue weighted by Crippen LogP contribution is -2.14. The Balaban J connectivity index is 0.00000132. The second-order valence-electron chi connectivity index (χ2n) is 5.32. The Kier molecular flexibility index (Phi) is 3.22. The van der Waals surface area contributed by atoms with Crippen LogP contribution in [0.5, 0.6) is 0 Å². The van der Waals surface area contributed by atoms with E-state index in [4.69, 9.17) is 0 Å². The van der Waals surface area contributed by atoms with Gasteiger partial charge in [0.25, 0.3) is 0 Å². The maximum absolute atomic E-state index is 12.1. The van der Waals surface area contributed by atoms with E-state index in [1.165, 1.54) is 40.1 Å². The number of rotatable bonds is 1. The first-order valence-corrected chi connectivity index (χ1v) is 6.72. The van der Waals surface area contributed by atoms with Crippen LogP contribution in [0.25, 0.3) is 10.8 Å². The Hall–Kier alpha value is -2.26. The zero-order chi connectivity index (χ0) is 13.7. The summed E-state index contributed by atoms with van der Waals surface area (Å²) in [6, 6.07) is 12.4. The van der Waals surface area contributed by atoms with E-state index in [0.717, 1.165) is 6.42 Å². The summed E-state index contributed by atoms with van der Waals surface area (Å²) in [6.45, 7) is 0. The number of carbonyl (C=O) groups is 2. The summed E-state index contributed by atoms with van der Waals surface area (Å²) in [4.78, 5) is 23.7. The van der Waals surface area contributed by atoms with Gasteiger partial charge < -0.3 is 0 Å². The quantitative estimate of drug-likeness (QED) is 0.592. The molecule has 0 saturated carbocycles. The topological polar surface area (TPSA) is 34.1 Å². The van der Waals surface area contributed by atoms with Crippen molar-refractivity contribution in [3.63, 3.8) is 0 Å². The Morgan fingerprint density at radius 3 is 2.52 bits per heavy atom. The van der Waals surface area contributed by atoms with Crippen LogP contribution < -0.4 is 0 Å². The number of hydrogen-bond acceptors (Lipinski definition) is 2. The van der Waals surface area contributed by atoms with Crippen molar-refractivity contribution in [2.75, 3.05) is 0 Å². The number of allylic oxidation sites excluding steroid dienone is 4. The van der Waals surface area contributed by atoms with Crippen molar-refractivity contribution in [1.82, 2.24) is 0 Å². The number of carbonyl (C=O) groups excluding carboxylic acids is 2. The molecule has 0 amide bonds. The third-order valence-corrected chi connectivity index (χ3v) is 4.18. The second-order valence-corrected chi connectivity index (χ2v) is 5.32. The lowest BCUT2D eigenvalue weighted by molar-refractivity contribution is -0.114. The summed E-state index contributed by atoms with van der Waals surface area (Å²) in [6.07, 6.45) is 5.03. The van der Waals surface area contributed by atoms with Crippen LogP contribution in [-0.2, 0) is 16.0 Å². The molecule has 0 bridgehead atoms. The molecule has 0 radical (unpaired) electrons. The van der Waals surface area contributed by atoms with E-state index in [-0.39, 0.29) is 28.4 Å². The third-order valence-electron chi connectivity index (χ3n) is 4.18. The Labute approximate surface area is 127 Å². The standard InChI is InChI=1S/C18H12O2.H4Si/c19-13-7-8-17(20)16(10-13)15-9-12-5-1-3-11-4-2-6-14(15)18(11)12;/h1-8,10,15H,9H2;1H4. The summed E-state index contributed by atoms with van der Waals surface area (Å²) >= 11 is 0. The van der Waals surface area contributed by atoms with Gasteiger partial charge in [-0.15, -0.1) is 0 Å². The molecule has 2 aromatic carbocycles. The Morgan fingerprint density at radius 2 is 1.71 bits per heavy atom.